The van der Waals surface area contributed by atoms with E-state index in [1.54, 1.807) is 6.07 Å². The van der Waals surface area contributed by atoms with Gasteiger partial charge in [-0.1, -0.05) is 52.3 Å². The second-order valence-electron chi connectivity index (χ2n) is 5.49. The topological polar surface area (TPSA) is 9.23 Å². The highest BCUT2D eigenvalue weighted by molar-refractivity contribution is 5.21. The highest BCUT2D eigenvalue weighted by atomic mass is 19.1. The van der Waals surface area contributed by atoms with Crippen LogP contribution < -0.4 is 0 Å². The molecule has 1 aromatic carbocycles. The van der Waals surface area contributed by atoms with Crippen LogP contribution in [0.3, 0.4) is 0 Å². The molecule has 1 aromatic rings. The van der Waals surface area contributed by atoms with Gasteiger partial charge in [0.2, 0.25) is 0 Å². The largest absolute Gasteiger partial charge is 0.373 e. The minimum Gasteiger partial charge on any atom is -0.373 e. The van der Waals surface area contributed by atoms with Gasteiger partial charge in [0.1, 0.15) is 5.82 Å². The normalized spacial score (nSPS) is 13.7. The summed E-state index contributed by atoms with van der Waals surface area (Å²) in [5.41, 5.74) is 0.562. The highest BCUT2D eigenvalue weighted by Crippen LogP contribution is 2.37. The van der Waals surface area contributed by atoms with Gasteiger partial charge in [-0.15, -0.1) is 0 Å². The predicted octanol–water partition coefficient (Wildman–Crippen LogP) is 4.73. The summed E-state index contributed by atoms with van der Waals surface area (Å²) in [5, 5.41) is 0. The summed E-state index contributed by atoms with van der Waals surface area (Å²) >= 11 is 0. The van der Waals surface area contributed by atoms with Gasteiger partial charge in [-0.3, -0.25) is 0 Å². The minimum absolute atomic E-state index is 0.101. The van der Waals surface area contributed by atoms with Crippen LogP contribution >= 0.6 is 0 Å². The lowest BCUT2D eigenvalue weighted by Gasteiger charge is -2.31. The molecule has 1 unspecified atom stereocenters. The molecule has 0 heterocycles. The standard InChI is InChI=1S/C15H23FO/c1-5-6-11-17-14(15(2,3)4)12-9-7-8-10-13(12)16/h7-10,14H,5-6,11H2,1-4H3. The second-order valence-corrected chi connectivity index (χ2v) is 5.49. The Labute approximate surface area is 104 Å². The zero-order valence-corrected chi connectivity index (χ0v) is 11.3. The van der Waals surface area contributed by atoms with Gasteiger partial charge in [0.15, 0.2) is 0 Å². The Morgan fingerprint density at radius 2 is 1.88 bits per heavy atom. The molecule has 17 heavy (non-hydrogen) atoms. The van der Waals surface area contributed by atoms with Gasteiger partial charge in [-0.2, -0.15) is 0 Å². The minimum atomic E-state index is -0.185. The van der Waals surface area contributed by atoms with E-state index < -0.39 is 0 Å². The Kier molecular flexibility index (Phi) is 5.13. The van der Waals surface area contributed by atoms with E-state index in [0.717, 1.165) is 12.8 Å². The number of rotatable bonds is 5. The molecule has 0 saturated carbocycles. The van der Waals surface area contributed by atoms with E-state index in [2.05, 4.69) is 27.7 Å². The van der Waals surface area contributed by atoms with Crippen molar-refractivity contribution < 1.29 is 9.13 Å². The summed E-state index contributed by atoms with van der Waals surface area (Å²) in [5.74, 6) is -0.177. The SMILES string of the molecule is CCCCOC(c1ccccc1F)C(C)(C)C. The van der Waals surface area contributed by atoms with Crippen LogP contribution in [0.4, 0.5) is 4.39 Å². The Hall–Kier alpha value is -0.890. The molecule has 0 radical (unpaired) electrons. The molecule has 1 rings (SSSR count). The predicted molar refractivity (Wildman–Crippen MR) is 69.5 cm³/mol. The quantitative estimate of drug-likeness (QED) is 0.674. The van der Waals surface area contributed by atoms with Crippen LogP contribution in [-0.2, 0) is 4.74 Å². The zero-order chi connectivity index (χ0) is 12.9. The molecule has 0 aliphatic heterocycles. The van der Waals surface area contributed by atoms with Crippen molar-refractivity contribution in [3.05, 3.63) is 35.6 Å². The number of halogens is 1. The Morgan fingerprint density at radius 3 is 2.41 bits per heavy atom. The molecule has 0 amide bonds. The van der Waals surface area contributed by atoms with E-state index in [0.29, 0.717) is 12.2 Å². The van der Waals surface area contributed by atoms with Gasteiger partial charge in [0.25, 0.3) is 0 Å². The molecule has 1 nitrogen and oxygen atoms in total. The van der Waals surface area contributed by atoms with E-state index in [1.165, 1.54) is 6.07 Å². The van der Waals surface area contributed by atoms with Crippen LogP contribution in [0.2, 0.25) is 0 Å². The maximum atomic E-state index is 13.8. The first kappa shape index (κ1) is 14.2. The fourth-order valence-corrected chi connectivity index (χ4v) is 1.84. The van der Waals surface area contributed by atoms with Crippen LogP contribution in [-0.4, -0.2) is 6.61 Å². The molecule has 0 aromatic heterocycles. The molecular weight excluding hydrogens is 215 g/mol. The summed E-state index contributed by atoms with van der Waals surface area (Å²) in [4.78, 5) is 0. The monoisotopic (exact) mass is 238 g/mol. The van der Waals surface area contributed by atoms with E-state index in [4.69, 9.17) is 4.74 Å². The van der Waals surface area contributed by atoms with Gasteiger partial charge >= 0.3 is 0 Å². The van der Waals surface area contributed by atoms with Crippen LogP contribution in [0.25, 0.3) is 0 Å². The van der Waals surface area contributed by atoms with E-state index in [-0.39, 0.29) is 17.3 Å². The molecule has 1 atom stereocenters. The zero-order valence-electron chi connectivity index (χ0n) is 11.3. The fourth-order valence-electron chi connectivity index (χ4n) is 1.84. The number of benzene rings is 1. The van der Waals surface area contributed by atoms with Crippen LogP contribution in [0.5, 0.6) is 0 Å². The lowest BCUT2D eigenvalue weighted by atomic mass is 9.84. The molecular formula is C15H23FO. The van der Waals surface area contributed by atoms with Crippen LogP contribution in [0, 0.1) is 11.2 Å². The number of hydrogen-bond donors (Lipinski definition) is 0. The van der Waals surface area contributed by atoms with Crippen molar-refractivity contribution in [1.82, 2.24) is 0 Å². The average Bonchev–Trinajstić information content (AvgIpc) is 2.24. The summed E-state index contributed by atoms with van der Waals surface area (Å²) in [7, 11) is 0. The van der Waals surface area contributed by atoms with Gasteiger partial charge in [-0.25, -0.2) is 4.39 Å². The van der Waals surface area contributed by atoms with Gasteiger partial charge in [0, 0.05) is 12.2 Å². The molecule has 96 valence electrons. The number of hydrogen-bond acceptors (Lipinski definition) is 1. The first-order chi connectivity index (χ1) is 7.96. The van der Waals surface area contributed by atoms with Crippen molar-refractivity contribution in [2.45, 2.75) is 46.6 Å². The molecule has 2 heteroatoms. The summed E-state index contributed by atoms with van der Waals surface area (Å²) in [6.45, 7) is 9.05. The van der Waals surface area contributed by atoms with E-state index >= 15 is 0 Å². The average molecular weight is 238 g/mol. The lowest BCUT2D eigenvalue weighted by Crippen LogP contribution is -2.23. The lowest BCUT2D eigenvalue weighted by molar-refractivity contribution is -0.0231. The van der Waals surface area contributed by atoms with Gasteiger partial charge < -0.3 is 4.74 Å². The van der Waals surface area contributed by atoms with Crippen molar-refractivity contribution >= 4 is 0 Å². The maximum Gasteiger partial charge on any atom is 0.129 e. The Balaban J connectivity index is 2.87. The third-order valence-electron chi connectivity index (χ3n) is 2.76. The third-order valence-corrected chi connectivity index (χ3v) is 2.76. The Morgan fingerprint density at radius 1 is 1.24 bits per heavy atom. The molecule has 0 aliphatic rings. The Bertz CT molecular complexity index is 341. The number of unbranched alkanes of at least 4 members (excludes halogenated alkanes) is 1. The highest BCUT2D eigenvalue weighted by Gasteiger charge is 2.28. The summed E-state index contributed by atoms with van der Waals surface area (Å²) in [6, 6.07) is 6.89. The first-order valence-electron chi connectivity index (χ1n) is 6.33. The third kappa shape index (κ3) is 4.12. The van der Waals surface area contributed by atoms with Crippen LogP contribution in [0.15, 0.2) is 24.3 Å². The van der Waals surface area contributed by atoms with Crippen molar-refractivity contribution in [2.75, 3.05) is 6.61 Å². The van der Waals surface area contributed by atoms with Crippen molar-refractivity contribution in [3.8, 4) is 0 Å². The van der Waals surface area contributed by atoms with Crippen LogP contribution in [0.1, 0.15) is 52.2 Å². The second kappa shape index (κ2) is 6.15. The molecule has 0 fully saturated rings. The van der Waals surface area contributed by atoms with Crippen molar-refractivity contribution in [2.24, 2.45) is 5.41 Å². The fraction of sp³-hybridized carbons (Fsp3) is 0.600. The van der Waals surface area contributed by atoms with E-state index in [1.807, 2.05) is 12.1 Å². The number of ether oxygens (including phenoxy) is 1. The first-order valence-corrected chi connectivity index (χ1v) is 6.33. The van der Waals surface area contributed by atoms with Gasteiger partial charge in [-0.05, 0) is 17.9 Å². The van der Waals surface area contributed by atoms with E-state index in [9.17, 15) is 4.39 Å². The molecule has 0 bridgehead atoms. The summed E-state index contributed by atoms with van der Waals surface area (Å²) in [6.07, 6.45) is 1.92. The van der Waals surface area contributed by atoms with Gasteiger partial charge in [0.05, 0.1) is 6.10 Å². The molecule has 0 aliphatic carbocycles. The summed E-state index contributed by atoms with van der Waals surface area (Å²) < 4.78 is 19.7. The maximum absolute atomic E-state index is 13.8. The molecule has 0 spiro atoms. The molecule has 0 saturated heterocycles. The smallest absolute Gasteiger partial charge is 0.129 e. The molecule has 0 N–H and O–H groups in total. The van der Waals surface area contributed by atoms with Crippen molar-refractivity contribution in [1.29, 1.82) is 0 Å². The van der Waals surface area contributed by atoms with Crippen molar-refractivity contribution in [3.63, 3.8) is 0 Å².